The number of aromatic nitrogens is 1. The van der Waals surface area contributed by atoms with Crippen LogP contribution in [0, 0.1) is 5.92 Å². The molecule has 0 amide bonds. The molecule has 1 aliphatic rings. The Bertz CT molecular complexity index is 237. The molecule has 0 unspecified atom stereocenters. The van der Waals surface area contributed by atoms with Crippen LogP contribution in [0.2, 0.25) is 0 Å². The van der Waals surface area contributed by atoms with E-state index >= 15 is 0 Å². The van der Waals surface area contributed by atoms with Crippen LogP contribution in [0.15, 0.2) is 24.5 Å². The minimum absolute atomic E-state index is 0. The van der Waals surface area contributed by atoms with E-state index in [1.807, 2.05) is 12.3 Å². The lowest BCUT2D eigenvalue weighted by molar-refractivity contribution is 0.631. The van der Waals surface area contributed by atoms with Gasteiger partial charge in [0.15, 0.2) is 0 Å². The summed E-state index contributed by atoms with van der Waals surface area (Å²) in [4.78, 5) is 4.04. The molecule has 4 heteroatoms. The third-order valence-corrected chi connectivity index (χ3v) is 2.20. The van der Waals surface area contributed by atoms with Crippen molar-refractivity contribution in [3.63, 3.8) is 0 Å². The van der Waals surface area contributed by atoms with Crippen LogP contribution in [-0.4, -0.2) is 4.98 Å². The van der Waals surface area contributed by atoms with Crippen LogP contribution in [0.25, 0.3) is 0 Å². The van der Waals surface area contributed by atoms with E-state index < -0.39 is 0 Å². The summed E-state index contributed by atoms with van der Waals surface area (Å²) in [5, 5.41) is 0. The minimum Gasteiger partial charge on any atom is -0.324 e. The smallest absolute Gasteiger partial charge is 0.0338 e. The molecule has 0 spiro atoms. The van der Waals surface area contributed by atoms with Crippen LogP contribution in [0.4, 0.5) is 0 Å². The lowest BCUT2D eigenvalue weighted by Gasteiger charge is -2.08. The summed E-state index contributed by atoms with van der Waals surface area (Å²) in [6.45, 7) is 0. The molecule has 0 aromatic carbocycles. The zero-order valence-corrected chi connectivity index (χ0v) is 8.85. The Morgan fingerprint density at radius 2 is 2.08 bits per heavy atom. The Labute approximate surface area is 90.8 Å². The van der Waals surface area contributed by atoms with E-state index in [1.165, 1.54) is 18.4 Å². The maximum Gasteiger partial charge on any atom is 0.0338 e. The summed E-state index contributed by atoms with van der Waals surface area (Å²) in [6, 6.07) is 4.22. The molecule has 13 heavy (non-hydrogen) atoms. The van der Waals surface area contributed by atoms with Crippen molar-refractivity contribution in [3.8, 4) is 0 Å². The quantitative estimate of drug-likeness (QED) is 0.832. The van der Waals surface area contributed by atoms with Gasteiger partial charge >= 0.3 is 0 Å². The Morgan fingerprint density at radius 3 is 2.54 bits per heavy atom. The van der Waals surface area contributed by atoms with Gasteiger partial charge in [-0.25, -0.2) is 0 Å². The minimum atomic E-state index is 0. The number of pyridine rings is 1. The summed E-state index contributed by atoms with van der Waals surface area (Å²) >= 11 is 0. The van der Waals surface area contributed by atoms with E-state index in [9.17, 15) is 0 Å². The molecule has 1 fully saturated rings. The first-order valence-electron chi connectivity index (χ1n) is 4.03. The molecule has 1 heterocycles. The number of rotatable bonds is 2. The lowest BCUT2D eigenvalue weighted by Crippen LogP contribution is -2.12. The molecular formula is C9H14Cl2N2. The van der Waals surface area contributed by atoms with Crippen molar-refractivity contribution in [2.75, 3.05) is 0 Å². The van der Waals surface area contributed by atoms with Crippen LogP contribution >= 0.6 is 24.8 Å². The normalized spacial score (nSPS) is 16.7. The highest BCUT2D eigenvalue weighted by Gasteiger charge is 2.29. The van der Waals surface area contributed by atoms with Gasteiger partial charge in [-0.15, -0.1) is 24.8 Å². The van der Waals surface area contributed by atoms with E-state index in [1.54, 1.807) is 6.20 Å². The van der Waals surface area contributed by atoms with Crippen LogP contribution in [-0.2, 0) is 0 Å². The van der Waals surface area contributed by atoms with Crippen molar-refractivity contribution in [3.05, 3.63) is 30.1 Å². The lowest BCUT2D eigenvalue weighted by atomic mass is 10.1. The predicted molar refractivity (Wildman–Crippen MR) is 58.4 cm³/mol. The Morgan fingerprint density at radius 1 is 1.38 bits per heavy atom. The second-order valence-corrected chi connectivity index (χ2v) is 3.15. The van der Waals surface area contributed by atoms with Crippen molar-refractivity contribution >= 4 is 24.8 Å². The zero-order chi connectivity index (χ0) is 7.68. The topological polar surface area (TPSA) is 38.9 Å². The highest BCUT2D eigenvalue weighted by molar-refractivity contribution is 5.85. The first-order valence-corrected chi connectivity index (χ1v) is 4.03. The van der Waals surface area contributed by atoms with Gasteiger partial charge in [0.05, 0.1) is 0 Å². The molecule has 0 radical (unpaired) electrons. The van der Waals surface area contributed by atoms with E-state index in [2.05, 4.69) is 11.1 Å². The molecule has 2 N–H and O–H groups in total. The van der Waals surface area contributed by atoms with E-state index in [-0.39, 0.29) is 30.9 Å². The van der Waals surface area contributed by atoms with Gasteiger partial charge in [0, 0.05) is 18.4 Å². The molecule has 0 saturated heterocycles. The highest BCUT2D eigenvalue weighted by Crippen LogP contribution is 2.38. The second-order valence-electron chi connectivity index (χ2n) is 3.15. The van der Waals surface area contributed by atoms with Gasteiger partial charge < -0.3 is 5.73 Å². The molecule has 2 rings (SSSR count). The third kappa shape index (κ3) is 3.14. The van der Waals surface area contributed by atoms with Gasteiger partial charge in [-0.1, -0.05) is 6.07 Å². The Hall–Kier alpha value is -0.310. The number of hydrogen-bond acceptors (Lipinski definition) is 2. The van der Waals surface area contributed by atoms with Crippen LogP contribution in [0.1, 0.15) is 24.4 Å². The zero-order valence-electron chi connectivity index (χ0n) is 7.22. The fourth-order valence-electron chi connectivity index (χ4n) is 1.30. The van der Waals surface area contributed by atoms with Gasteiger partial charge in [0.25, 0.3) is 0 Å². The molecule has 1 aliphatic carbocycles. The average Bonchev–Trinajstić information content (AvgIpc) is 2.87. The maximum atomic E-state index is 5.96. The fourth-order valence-corrected chi connectivity index (χ4v) is 1.30. The summed E-state index contributed by atoms with van der Waals surface area (Å²) in [7, 11) is 0. The average molecular weight is 221 g/mol. The second kappa shape index (κ2) is 5.43. The standard InChI is InChI=1S/C9H12N2.2ClH/c10-9(7-3-4-7)8-2-1-5-11-6-8;;/h1-2,5-7,9H,3-4,10H2;2*1H/t9-;;/m0../s1. The van der Waals surface area contributed by atoms with E-state index in [4.69, 9.17) is 5.73 Å². The largest absolute Gasteiger partial charge is 0.324 e. The van der Waals surface area contributed by atoms with E-state index in [0.29, 0.717) is 0 Å². The highest BCUT2D eigenvalue weighted by atomic mass is 35.5. The van der Waals surface area contributed by atoms with Crippen LogP contribution < -0.4 is 5.73 Å². The molecule has 1 aromatic rings. The predicted octanol–water partition coefficient (Wildman–Crippen LogP) is 2.33. The maximum absolute atomic E-state index is 5.96. The summed E-state index contributed by atoms with van der Waals surface area (Å²) in [6.07, 6.45) is 6.22. The van der Waals surface area contributed by atoms with Crippen molar-refractivity contribution in [1.29, 1.82) is 0 Å². The Balaban J connectivity index is 0.000000720. The van der Waals surface area contributed by atoms with Crippen LogP contribution in [0.3, 0.4) is 0 Å². The number of nitrogens with two attached hydrogens (primary N) is 1. The Kier molecular flexibility index (Phi) is 5.30. The molecule has 0 bridgehead atoms. The van der Waals surface area contributed by atoms with Crippen molar-refractivity contribution in [2.45, 2.75) is 18.9 Å². The van der Waals surface area contributed by atoms with Gasteiger partial charge in [0.1, 0.15) is 0 Å². The number of hydrogen-bond donors (Lipinski definition) is 1. The third-order valence-electron chi connectivity index (χ3n) is 2.20. The van der Waals surface area contributed by atoms with Gasteiger partial charge in [-0.05, 0) is 30.4 Å². The molecule has 2 nitrogen and oxygen atoms in total. The molecule has 1 aromatic heterocycles. The monoisotopic (exact) mass is 220 g/mol. The van der Waals surface area contributed by atoms with Crippen LogP contribution in [0.5, 0.6) is 0 Å². The van der Waals surface area contributed by atoms with Crippen molar-refractivity contribution in [2.24, 2.45) is 11.7 Å². The SMILES string of the molecule is Cl.Cl.N[C@H](c1cccnc1)C1CC1. The number of halogens is 2. The summed E-state index contributed by atoms with van der Waals surface area (Å²) in [5.41, 5.74) is 7.14. The van der Waals surface area contributed by atoms with Crippen molar-refractivity contribution < 1.29 is 0 Å². The van der Waals surface area contributed by atoms with Gasteiger partial charge in [-0.3, -0.25) is 4.98 Å². The van der Waals surface area contributed by atoms with Gasteiger partial charge in [-0.2, -0.15) is 0 Å². The first kappa shape index (κ1) is 12.7. The number of nitrogens with zero attached hydrogens (tertiary/aromatic N) is 1. The first-order chi connectivity index (χ1) is 5.38. The fraction of sp³-hybridized carbons (Fsp3) is 0.444. The molecular weight excluding hydrogens is 207 g/mol. The van der Waals surface area contributed by atoms with Crippen molar-refractivity contribution in [1.82, 2.24) is 4.98 Å². The summed E-state index contributed by atoms with van der Waals surface area (Å²) in [5.74, 6) is 0.721. The summed E-state index contributed by atoms with van der Waals surface area (Å²) < 4.78 is 0. The molecule has 0 aliphatic heterocycles. The molecule has 1 saturated carbocycles. The van der Waals surface area contributed by atoms with E-state index in [0.717, 1.165) is 5.92 Å². The molecule has 1 atom stereocenters. The molecule has 74 valence electrons. The van der Waals surface area contributed by atoms with Gasteiger partial charge in [0.2, 0.25) is 0 Å².